The summed E-state index contributed by atoms with van der Waals surface area (Å²) in [5.74, 6) is -0.806. The standard InChI is InChI=1S/C27H24ClN3O4/c1-4-35-21-14-12-20(13-15-21)31-26(33)23(28)24(27(31)34)29-19-10-8-18(9-11-19)25(32)30-22-7-5-6-16(2)17(22)3/h5-15,29H,4H2,1-3H3,(H,30,32). The number of carbonyl (C=O) groups excluding carboxylic acids is 3. The zero-order valence-electron chi connectivity index (χ0n) is 19.5. The van der Waals surface area contributed by atoms with E-state index in [4.69, 9.17) is 16.3 Å². The Morgan fingerprint density at radius 1 is 0.943 bits per heavy atom. The number of nitrogens with zero attached hydrogens (tertiary/aromatic N) is 1. The van der Waals surface area contributed by atoms with Gasteiger partial charge in [0, 0.05) is 16.9 Å². The molecule has 3 aromatic carbocycles. The number of nitrogens with one attached hydrogen (secondary N) is 2. The number of hydrogen-bond acceptors (Lipinski definition) is 5. The van der Waals surface area contributed by atoms with E-state index in [9.17, 15) is 14.4 Å². The highest BCUT2D eigenvalue weighted by Crippen LogP contribution is 2.31. The van der Waals surface area contributed by atoms with Gasteiger partial charge < -0.3 is 15.4 Å². The minimum Gasteiger partial charge on any atom is -0.494 e. The molecule has 0 bridgehead atoms. The number of amides is 3. The van der Waals surface area contributed by atoms with Crippen LogP contribution < -0.4 is 20.3 Å². The minimum atomic E-state index is -0.618. The number of halogens is 1. The summed E-state index contributed by atoms with van der Waals surface area (Å²) in [6.07, 6.45) is 0. The second-order valence-corrected chi connectivity index (χ2v) is 8.34. The molecule has 0 aliphatic carbocycles. The molecule has 3 amide bonds. The maximum atomic E-state index is 13.0. The summed E-state index contributed by atoms with van der Waals surface area (Å²) in [5.41, 5.74) is 4.15. The van der Waals surface area contributed by atoms with E-state index in [1.54, 1.807) is 48.5 Å². The van der Waals surface area contributed by atoms with Gasteiger partial charge in [0.2, 0.25) is 0 Å². The van der Waals surface area contributed by atoms with E-state index in [1.165, 1.54) is 0 Å². The zero-order chi connectivity index (χ0) is 25.1. The molecule has 0 atom stereocenters. The van der Waals surface area contributed by atoms with Crippen LogP contribution in [0.3, 0.4) is 0 Å². The van der Waals surface area contributed by atoms with Crippen molar-refractivity contribution < 1.29 is 19.1 Å². The maximum absolute atomic E-state index is 13.0. The Morgan fingerprint density at radius 3 is 2.29 bits per heavy atom. The normalized spacial score (nSPS) is 13.3. The van der Waals surface area contributed by atoms with Crippen molar-refractivity contribution in [1.82, 2.24) is 0 Å². The van der Waals surface area contributed by atoms with Gasteiger partial charge in [0.05, 0.1) is 12.3 Å². The minimum absolute atomic E-state index is 0.0295. The number of carbonyl (C=O) groups is 3. The molecule has 35 heavy (non-hydrogen) atoms. The Bertz CT molecular complexity index is 1330. The van der Waals surface area contributed by atoms with Crippen LogP contribution in [0.5, 0.6) is 5.75 Å². The van der Waals surface area contributed by atoms with Crippen LogP contribution in [0, 0.1) is 13.8 Å². The van der Waals surface area contributed by atoms with Crippen LogP contribution in [0.2, 0.25) is 0 Å². The third-order valence-corrected chi connectivity index (χ3v) is 6.05. The second-order valence-electron chi connectivity index (χ2n) is 7.97. The predicted molar refractivity (Wildman–Crippen MR) is 137 cm³/mol. The molecule has 0 unspecified atom stereocenters. The lowest BCUT2D eigenvalue weighted by molar-refractivity contribution is -0.120. The molecule has 1 aliphatic rings. The Kier molecular flexibility index (Phi) is 6.89. The molecule has 0 aromatic heterocycles. The summed E-state index contributed by atoms with van der Waals surface area (Å²) in [6.45, 7) is 6.31. The third kappa shape index (κ3) is 4.90. The topological polar surface area (TPSA) is 87.7 Å². The first-order valence-electron chi connectivity index (χ1n) is 11.1. The van der Waals surface area contributed by atoms with Crippen molar-refractivity contribution in [2.24, 2.45) is 0 Å². The van der Waals surface area contributed by atoms with Gasteiger partial charge in [-0.05, 0) is 86.5 Å². The van der Waals surface area contributed by atoms with Crippen LogP contribution in [0.25, 0.3) is 0 Å². The number of rotatable bonds is 7. The number of benzene rings is 3. The fourth-order valence-electron chi connectivity index (χ4n) is 3.63. The van der Waals surface area contributed by atoms with Crippen molar-refractivity contribution >= 4 is 46.4 Å². The molecule has 1 aliphatic heterocycles. The van der Waals surface area contributed by atoms with Crippen LogP contribution in [-0.4, -0.2) is 24.3 Å². The molecule has 178 valence electrons. The summed E-state index contributed by atoms with van der Waals surface area (Å²) in [7, 11) is 0. The molecule has 2 N–H and O–H groups in total. The maximum Gasteiger partial charge on any atom is 0.283 e. The zero-order valence-corrected chi connectivity index (χ0v) is 20.3. The molecule has 0 radical (unpaired) electrons. The average molecular weight is 490 g/mol. The molecule has 0 saturated heterocycles. The van der Waals surface area contributed by atoms with E-state index in [0.717, 1.165) is 21.7 Å². The average Bonchev–Trinajstić information content (AvgIpc) is 3.06. The van der Waals surface area contributed by atoms with Gasteiger partial charge in [0.25, 0.3) is 17.7 Å². The molecule has 0 saturated carbocycles. The molecule has 1 heterocycles. The van der Waals surface area contributed by atoms with Gasteiger partial charge in [-0.15, -0.1) is 0 Å². The van der Waals surface area contributed by atoms with E-state index in [0.29, 0.717) is 29.3 Å². The molecule has 0 spiro atoms. The lowest BCUT2D eigenvalue weighted by Crippen LogP contribution is -2.32. The Labute approximate surface area is 208 Å². The van der Waals surface area contributed by atoms with Crippen LogP contribution in [-0.2, 0) is 9.59 Å². The van der Waals surface area contributed by atoms with Gasteiger partial charge in [-0.2, -0.15) is 0 Å². The number of imide groups is 1. The van der Waals surface area contributed by atoms with Crippen LogP contribution in [0.4, 0.5) is 17.1 Å². The smallest absolute Gasteiger partial charge is 0.283 e. The van der Waals surface area contributed by atoms with Gasteiger partial charge in [0.1, 0.15) is 16.5 Å². The summed E-state index contributed by atoms with van der Waals surface area (Å²) in [4.78, 5) is 39.3. The quantitative estimate of drug-likeness (QED) is 0.434. The number of anilines is 3. The summed E-state index contributed by atoms with van der Waals surface area (Å²) in [6, 6.07) is 18.9. The third-order valence-electron chi connectivity index (χ3n) is 5.70. The second kappa shape index (κ2) is 10.0. The van der Waals surface area contributed by atoms with Gasteiger partial charge in [-0.25, -0.2) is 4.90 Å². The van der Waals surface area contributed by atoms with Crippen molar-refractivity contribution in [3.05, 3.63) is 94.1 Å². The number of hydrogen-bond donors (Lipinski definition) is 2. The first-order valence-corrected chi connectivity index (χ1v) is 11.4. The molecule has 4 rings (SSSR count). The summed E-state index contributed by atoms with van der Waals surface area (Å²) < 4.78 is 5.40. The molecule has 7 nitrogen and oxygen atoms in total. The number of ether oxygens (including phenoxy) is 1. The van der Waals surface area contributed by atoms with E-state index < -0.39 is 11.8 Å². The van der Waals surface area contributed by atoms with E-state index in [1.807, 2.05) is 39.0 Å². The van der Waals surface area contributed by atoms with E-state index in [2.05, 4.69) is 10.6 Å². The Morgan fingerprint density at radius 2 is 1.63 bits per heavy atom. The van der Waals surface area contributed by atoms with Crippen molar-refractivity contribution in [3.63, 3.8) is 0 Å². The van der Waals surface area contributed by atoms with Gasteiger partial charge in [-0.1, -0.05) is 23.7 Å². The lowest BCUT2D eigenvalue weighted by Gasteiger charge is -2.15. The Balaban J connectivity index is 1.47. The fourth-order valence-corrected chi connectivity index (χ4v) is 3.85. The Hall–Kier alpha value is -4.10. The van der Waals surface area contributed by atoms with Crippen LogP contribution in [0.1, 0.15) is 28.4 Å². The van der Waals surface area contributed by atoms with Crippen LogP contribution >= 0.6 is 11.6 Å². The molecule has 3 aromatic rings. The van der Waals surface area contributed by atoms with Crippen molar-refractivity contribution in [1.29, 1.82) is 0 Å². The van der Waals surface area contributed by atoms with E-state index in [-0.39, 0.29) is 16.6 Å². The van der Waals surface area contributed by atoms with Gasteiger partial charge in [0.15, 0.2) is 0 Å². The molecular weight excluding hydrogens is 466 g/mol. The van der Waals surface area contributed by atoms with Crippen molar-refractivity contribution in [2.75, 3.05) is 22.1 Å². The first-order chi connectivity index (χ1) is 16.8. The monoisotopic (exact) mass is 489 g/mol. The van der Waals surface area contributed by atoms with Gasteiger partial charge in [-0.3, -0.25) is 14.4 Å². The van der Waals surface area contributed by atoms with Crippen molar-refractivity contribution in [2.45, 2.75) is 20.8 Å². The summed E-state index contributed by atoms with van der Waals surface area (Å²) in [5, 5.41) is 5.62. The molecular formula is C27H24ClN3O4. The largest absolute Gasteiger partial charge is 0.494 e. The van der Waals surface area contributed by atoms with E-state index >= 15 is 0 Å². The highest BCUT2D eigenvalue weighted by molar-refractivity contribution is 6.53. The first kappa shape index (κ1) is 24.0. The van der Waals surface area contributed by atoms with Crippen molar-refractivity contribution in [3.8, 4) is 5.75 Å². The lowest BCUT2D eigenvalue weighted by atomic mass is 10.1. The SMILES string of the molecule is CCOc1ccc(N2C(=O)C(Cl)=C(Nc3ccc(C(=O)Nc4cccc(C)c4C)cc3)C2=O)cc1. The predicted octanol–water partition coefficient (Wildman–Crippen LogP) is 5.39. The highest BCUT2D eigenvalue weighted by Gasteiger charge is 2.39. The molecule has 8 heteroatoms. The van der Waals surface area contributed by atoms with Crippen LogP contribution in [0.15, 0.2) is 77.5 Å². The summed E-state index contributed by atoms with van der Waals surface area (Å²) >= 11 is 6.21. The highest BCUT2D eigenvalue weighted by atomic mass is 35.5. The number of aryl methyl sites for hydroxylation is 1. The molecule has 0 fully saturated rings. The van der Waals surface area contributed by atoms with Gasteiger partial charge >= 0.3 is 0 Å². The fraction of sp³-hybridized carbons (Fsp3) is 0.148.